The molecule has 1 aromatic rings. The molecule has 0 atom stereocenters. The highest BCUT2D eigenvalue weighted by Gasteiger charge is 2.07. The molecule has 0 bridgehead atoms. The molecule has 0 aliphatic carbocycles. The Morgan fingerprint density at radius 2 is 1.94 bits per heavy atom. The van der Waals surface area contributed by atoms with Crippen molar-refractivity contribution in [3.05, 3.63) is 35.4 Å². The lowest BCUT2D eigenvalue weighted by molar-refractivity contribution is -0.136. The maximum absolute atomic E-state index is 11.3. The first-order valence-corrected chi connectivity index (χ1v) is 6.92. The zero-order valence-corrected chi connectivity index (χ0v) is 11.1. The van der Waals surface area contributed by atoms with Crippen LogP contribution in [0.25, 0.3) is 0 Å². The summed E-state index contributed by atoms with van der Waals surface area (Å²) in [5.41, 5.74) is 1.79. The molecule has 1 aromatic carbocycles. The largest absolute Gasteiger partial charge is 0.481 e. The number of nitrogens with one attached hydrogen (secondary N) is 1. The maximum atomic E-state index is 11.3. The van der Waals surface area contributed by atoms with Gasteiger partial charge in [0, 0.05) is 12.3 Å². The Kier molecular flexibility index (Phi) is 6.28. The maximum Gasteiger partial charge on any atom is 0.307 e. The predicted octanol–water partition coefficient (Wildman–Crippen LogP) is 1.68. The number of benzene rings is 1. The summed E-state index contributed by atoms with van der Waals surface area (Å²) in [5, 5.41) is 11.5. The van der Waals surface area contributed by atoms with Crippen LogP contribution in [0.5, 0.6) is 0 Å². The van der Waals surface area contributed by atoms with Gasteiger partial charge in [0.25, 0.3) is 0 Å². The molecule has 0 spiro atoms. The summed E-state index contributed by atoms with van der Waals surface area (Å²) >= 11 is 1.49. The van der Waals surface area contributed by atoms with E-state index in [1.165, 1.54) is 11.8 Å². The van der Waals surface area contributed by atoms with E-state index in [9.17, 15) is 9.59 Å². The standard InChI is InChI=1S/C13H17NO3S/c1-2-14-12(15)9-18-8-11-6-4-3-5-10(11)7-13(16)17/h3-6H,2,7-9H2,1H3,(H,14,15)(H,16,17). The average Bonchev–Trinajstić information content (AvgIpc) is 2.31. The van der Waals surface area contributed by atoms with Gasteiger partial charge in [0.1, 0.15) is 0 Å². The van der Waals surface area contributed by atoms with Gasteiger partial charge in [-0.05, 0) is 18.1 Å². The summed E-state index contributed by atoms with van der Waals surface area (Å²) in [7, 11) is 0. The molecule has 0 unspecified atom stereocenters. The zero-order chi connectivity index (χ0) is 13.4. The van der Waals surface area contributed by atoms with Crippen molar-refractivity contribution in [1.82, 2.24) is 5.32 Å². The molecule has 0 saturated heterocycles. The first kappa shape index (κ1) is 14.6. The van der Waals surface area contributed by atoms with Crippen molar-refractivity contribution in [1.29, 1.82) is 0 Å². The molecule has 18 heavy (non-hydrogen) atoms. The molecular formula is C13H17NO3S. The molecular weight excluding hydrogens is 250 g/mol. The van der Waals surface area contributed by atoms with Crippen molar-refractivity contribution in [3.63, 3.8) is 0 Å². The van der Waals surface area contributed by atoms with Gasteiger partial charge in [-0.2, -0.15) is 0 Å². The van der Waals surface area contributed by atoms with E-state index in [2.05, 4.69) is 5.32 Å². The van der Waals surface area contributed by atoms with Crippen LogP contribution in [-0.4, -0.2) is 29.3 Å². The van der Waals surface area contributed by atoms with Gasteiger partial charge in [-0.15, -0.1) is 11.8 Å². The number of carbonyl (C=O) groups is 2. The Hall–Kier alpha value is -1.49. The highest BCUT2D eigenvalue weighted by Crippen LogP contribution is 2.17. The molecule has 4 nitrogen and oxygen atoms in total. The van der Waals surface area contributed by atoms with Gasteiger partial charge in [-0.3, -0.25) is 9.59 Å². The van der Waals surface area contributed by atoms with E-state index < -0.39 is 5.97 Å². The minimum Gasteiger partial charge on any atom is -0.481 e. The van der Waals surface area contributed by atoms with Crippen molar-refractivity contribution in [2.24, 2.45) is 0 Å². The normalized spacial score (nSPS) is 10.1. The number of hydrogen-bond donors (Lipinski definition) is 2. The molecule has 0 aliphatic rings. The van der Waals surface area contributed by atoms with Crippen LogP contribution < -0.4 is 5.32 Å². The first-order valence-electron chi connectivity index (χ1n) is 5.76. The summed E-state index contributed by atoms with van der Waals surface area (Å²) in [6, 6.07) is 7.43. The number of amides is 1. The zero-order valence-electron chi connectivity index (χ0n) is 10.3. The number of thioether (sulfide) groups is 1. The molecule has 0 fully saturated rings. The Morgan fingerprint density at radius 1 is 1.28 bits per heavy atom. The number of rotatable bonds is 7. The number of carboxylic acid groups (broad SMARTS) is 1. The van der Waals surface area contributed by atoms with E-state index in [0.29, 0.717) is 18.1 Å². The van der Waals surface area contributed by atoms with Gasteiger partial charge in [0.05, 0.1) is 12.2 Å². The highest BCUT2D eigenvalue weighted by atomic mass is 32.2. The summed E-state index contributed by atoms with van der Waals surface area (Å²) in [6.07, 6.45) is 0.0257. The second kappa shape index (κ2) is 7.76. The van der Waals surface area contributed by atoms with E-state index in [0.717, 1.165) is 11.1 Å². The van der Waals surface area contributed by atoms with E-state index in [1.54, 1.807) is 0 Å². The van der Waals surface area contributed by atoms with Gasteiger partial charge in [-0.25, -0.2) is 0 Å². The molecule has 1 rings (SSSR count). The Morgan fingerprint density at radius 3 is 2.56 bits per heavy atom. The van der Waals surface area contributed by atoms with Crippen molar-refractivity contribution < 1.29 is 14.7 Å². The third kappa shape index (κ3) is 5.23. The molecule has 98 valence electrons. The van der Waals surface area contributed by atoms with E-state index >= 15 is 0 Å². The lowest BCUT2D eigenvalue weighted by Gasteiger charge is -2.07. The van der Waals surface area contributed by atoms with Crippen LogP contribution in [0.15, 0.2) is 24.3 Å². The Bertz CT molecular complexity index is 420. The number of hydrogen-bond acceptors (Lipinski definition) is 3. The monoisotopic (exact) mass is 267 g/mol. The second-order valence-electron chi connectivity index (χ2n) is 3.79. The number of carboxylic acids is 1. The minimum absolute atomic E-state index is 0.0122. The molecule has 2 N–H and O–H groups in total. The molecule has 0 heterocycles. The van der Waals surface area contributed by atoms with E-state index in [4.69, 9.17) is 5.11 Å². The summed E-state index contributed by atoms with van der Waals surface area (Å²) in [6.45, 7) is 2.51. The number of carbonyl (C=O) groups excluding carboxylic acids is 1. The third-order valence-electron chi connectivity index (χ3n) is 2.32. The molecule has 0 aromatic heterocycles. The Labute approximate surface area is 111 Å². The van der Waals surface area contributed by atoms with Crippen LogP contribution in [0.4, 0.5) is 0 Å². The fraction of sp³-hybridized carbons (Fsp3) is 0.385. The molecule has 1 amide bonds. The minimum atomic E-state index is -0.837. The molecule has 0 aliphatic heterocycles. The summed E-state index contributed by atoms with van der Waals surface area (Å²) < 4.78 is 0. The molecule has 5 heteroatoms. The van der Waals surface area contributed by atoms with Crippen LogP contribution in [0.3, 0.4) is 0 Å². The van der Waals surface area contributed by atoms with Crippen LogP contribution in [0, 0.1) is 0 Å². The van der Waals surface area contributed by atoms with Crippen molar-refractivity contribution in [2.45, 2.75) is 19.1 Å². The van der Waals surface area contributed by atoms with Crippen molar-refractivity contribution in [2.75, 3.05) is 12.3 Å². The SMILES string of the molecule is CCNC(=O)CSCc1ccccc1CC(=O)O. The fourth-order valence-corrected chi connectivity index (χ4v) is 2.43. The quantitative estimate of drug-likeness (QED) is 0.789. The summed E-state index contributed by atoms with van der Waals surface area (Å²) in [4.78, 5) is 22.0. The highest BCUT2D eigenvalue weighted by molar-refractivity contribution is 7.99. The third-order valence-corrected chi connectivity index (χ3v) is 3.31. The van der Waals surface area contributed by atoms with Gasteiger partial charge in [0.15, 0.2) is 0 Å². The van der Waals surface area contributed by atoms with Crippen molar-refractivity contribution >= 4 is 23.6 Å². The average molecular weight is 267 g/mol. The van der Waals surface area contributed by atoms with Crippen LogP contribution in [0.1, 0.15) is 18.1 Å². The van der Waals surface area contributed by atoms with Crippen LogP contribution >= 0.6 is 11.8 Å². The lowest BCUT2D eigenvalue weighted by atomic mass is 10.1. The van der Waals surface area contributed by atoms with Gasteiger partial charge in [0.2, 0.25) is 5.91 Å². The van der Waals surface area contributed by atoms with Crippen molar-refractivity contribution in [3.8, 4) is 0 Å². The topological polar surface area (TPSA) is 66.4 Å². The van der Waals surface area contributed by atoms with Crippen LogP contribution in [-0.2, 0) is 21.8 Å². The molecule has 0 saturated carbocycles. The number of aliphatic carboxylic acids is 1. The Balaban J connectivity index is 2.51. The van der Waals surface area contributed by atoms with E-state index in [1.807, 2.05) is 31.2 Å². The van der Waals surface area contributed by atoms with Gasteiger partial charge < -0.3 is 10.4 Å². The van der Waals surface area contributed by atoms with Gasteiger partial charge >= 0.3 is 5.97 Å². The summed E-state index contributed by atoms with van der Waals surface area (Å²) in [5.74, 6) is 0.227. The van der Waals surface area contributed by atoms with Crippen LogP contribution in [0.2, 0.25) is 0 Å². The lowest BCUT2D eigenvalue weighted by Crippen LogP contribution is -2.24. The van der Waals surface area contributed by atoms with Gasteiger partial charge in [-0.1, -0.05) is 24.3 Å². The van der Waals surface area contributed by atoms with E-state index in [-0.39, 0.29) is 12.3 Å². The molecule has 0 radical (unpaired) electrons. The smallest absolute Gasteiger partial charge is 0.307 e. The predicted molar refractivity (Wildman–Crippen MR) is 72.6 cm³/mol. The fourth-order valence-electron chi connectivity index (χ4n) is 1.54. The second-order valence-corrected chi connectivity index (χ2v) is 4.77. The first-order chi connectivity index (χ1) is 8.63.